The van der Waals surface area contributed by atoms with Crippen LogP contribution in [0.25, 0.3) is 34.3 Å². The summed E-state index contributed by atoms with van der Waals surface area (Å²) in [7, 11) is 0. The summed E-state index contributed by atoms with van der Waals surface area (Å²) in [6.07, 6.45) is 6.03. The van der Waals surface area contributed by atoms with Gasteiger partial charge in [0.15, 0.2) is 0 Å². The Morgan fingerprint density at radius 3 is 2.69 bits per heavy atom. The number of pyridine rings is 1. The second-order valence-corrected chi connectivity index (χ2v) is 6.86. The second-order valence-electron chi connectivity index (χ2n) is 5.88. The standard InChI is InChI=1S/C19H14N6S/c1-13-17(24-12-6-5-9-15(24)20-13)18-21-22-19-25(18)23-16(26-19)11-10-14-7-3-2-4-8-14/h2-12H,1H3. The monoisotopic (exact) mass is 358 g/mol. The van der Waals surface area contributed by atoms with Gasteiger partial charge in [-0.1, -0.05) is 53.8 Å². The lowest BCUT2D eigenvalue weighted by Crippen LogP contribution is -1.96. The largest absolute Gasteiger partial charge is 0.297 e. The van der Waals surface area contributed by atoms with Gasteiger partial charge in [0.05, 0.1) is 5.69 Å². The number of benzene rings is 1. The molecule has 5 rings (SSSR count). The molecule has 26 heavy (non-hydrogen) atoms. The van der Waals surface area contributed by atoms with E-state index in [9.17, 15) is 0 Å². The van der Waals surface area contributed by atoms with Crippen molar-refractivity contribution in [1.82, 2.24) is 29.2 Å². The van der Waals surface area contributed by atoms with E-state index in [2.05, 4.69) is 32.4 Å². The first kappa shape index (κ1) is 15.0. The molecule has 0 fully saturated rings. The highest BCUT2D eigenvalue weighted by molar-refractivity contribution is 7.17. The van der Waals surface area contributed by atoms with Gasteiger partial charge < -0.3 is 0 Å². The van der Waals surface area contributed by atoms with E-state index >= 15 is 0 Å². The van der Waals surface area contributed by atoms with Crippen molar-refractivity contribution in [3.05, 3.63) is 71.0 Å². The highest BCUT2D eigenvalue weighted by Gasteiger charge is 2.18. The third-order valence-corrected chi connectivity index (χ3v) is 5.00. The fourth-order valence-electron chi connectivity index (χ4n) is 2.96. The fraction of sp³-hybridized carbons (Fsp3) is 0.0526. The van der Waals surface area contributed by atoms with Crippen molar-refractivity contribution in [2.45, 2.75) is 6.92 Å². The smallest absolute Gasteiger partial charge is 0.235 e. The molecule has 4 aromatic heterocycles. The predicted octanol–water partition coefficient (Wildman–Crippen LogP) is 3.98. The molecule has 7 heteroatoms. The summed E-state index contributed by atoms with van der Waals surface area (Å²) in [4.78, 5) is 5.36. The minimum absolute atomic E-state index is 0.701. The summed E-state index contributed by atoms with van der Waals surface area (Å²) < 4.78 is 3.81. The van der Waals surface area contributed by atoms with Crippen molar-refractivity contribution in [3.63, 3.8) is 0 Å². The quantitative estimate of drug-likeness (QED) is 0.489. The van der Waals surface area contributed by atoms with Crippen molar-refractivity contribution < 1.29 is 0 Å². The lowest BCUT2D eigenvalue weighted by Gasteiger charge is -1.99. The Balaban J connectivity index is 1.60. The molecule has 4 heterocycles. The van der Waals surface area contributed by atoms with Crippen LogP contribution in [0, 0.1) is 6.92 Å². The molecular formula is C19H14N6S. The molecule has 0 unspecified atom stereocenters. The van der Waals surface area contributed by atoms with E-state index in [1.54, 1.807) is 4.52 Å². The lowest BCUT2D eigenvalue weighted by atomic mass is 10.2. The van der Waals surface area contributed by atoms with Crippen molar-refractivity contribution in [3.8, 4) is 11.5 Å². The molecule has 5 aromatic rings. The van der Waals surface area contributed by atoms with Crippen molar-refractivity contribution in [2.24, 2.45) is 0 Å². The van der Waals surface area contributed by atoms with Crippen LogP contribution in [0.2, 0.25) is 0 Å². The Morgan fingerprint density at radius 1 is 0.962 bits per heavy atom. The van der Waals surface area contributed by atoms with Crippen LogP contribution in [0.3, 0.4) is 0 Å². The number of nitrogens with zero attached hydrogens (tertiary/aromatic N) is 6. The molecule has 0 aliphatic rings. The molecule has 0 saturated carbocycles. The van der Waals surface area contributed by atoms with Crippen LogP contribution >= 0.6 is 11.3 Å². The molecule has 126 valence electrons. The SMILES string of the molecule is Cc1nc2ccccn2c1-c1nnc2sc(C=Cc3ccccc3)nn12. The van der Waals surface area contributed by atoms with Gasteiger partial charge in [0.1, 0.15) is 16.3 Å². The van der Waals surface area contributed by atoms with Crippen LogP contribution < -0.4 is 0 Å². The van der Waals surface area contributed by atoms with Crippen LogP contribution in [0.15, 0.2) is 54.7 Å². The molecule has 1 aromatic carbocycles. The van der Waals surface area contributed by atoms with E-state index in [0.29, 0.717) is 5.82 Å². The van der Waals surface area contributed by atoms with Gasteiger partial charge >= 0.3 is 0 Å². The molecular weight excluding hydrogens is 344 g/mol. The zero-order valence-electron chi connectivity index (χ0n) is 13.9. The van der Waals surface area contributed by atoms with Crippen LogP contribution in [0.1, 0.15) is 16.3 Å². The Labute approximate surface area is 153 Å². The van der Waals surface area contributed by atoms with Gasteiger partial charge in [-0.3, -0.25) is 4.40 Å². The minimum atomic E-state index is 0.701. The Kier molecular flexibility index (Phi) is 3.39. The molecule has 0 bridgehead atoms. The molecule has 0 amide bonds. The van der Waals surface area contributed by atoms with Gasteiger partial charge in [-0.05, 0) is 30.7 Å². The lowest BCUT2D eigenvalue weighted by molar-refractivity contribution is 0.944. The Bertz CT molecular complexity index is 1250. The number of hydrogen-bond donors (Lipinski definition) is 0. The maximum atomic E-state index is 4.67. The third kappa shape index (κ3) is 2.41. The zero-order chi connectivity index (χ0) is 17.5. The van der Waals surface area contributed by atoms with Crippen LogP contribution in [-0.2, 0) is 0 Å². The third-order valence-electron chi connectivity index (χ3n) is 4.14. The minimum Gasteiger partial charge on any atom is -0.297 e. The molecule has 0 spiro atoms. The second kappa shape index (κ2) is 5.89. The average Bonchev–Trinajstić information content (AvgIpc) is 3.32. The highest BCUT2D eigenvalue weighted by atomic mass is 32.1. The van der Waals surface area contributed by atoms with E-state index < -0.39 is 0 Å². The summed E-state index contributed by atoms with van der Waals surface area (Å²) in [6.45, 7) is 1.98. The molecule has 0 N–H and O–H groups in total. The normalized spacial score (nSPS) is 11.9. The van der Waals surface area contributed by atoms with Gasteiger partial charge in [0.25, 0.3) is 0 Å². The van der Waals surface area contributed by atoms with Crippen molar-refractivity contribution in [2.75, 3.05) is 0 Å². The molecule has 0 saturated heterocycles. The summed E-state index contributed by atoms with van der Waals surface area (Å²) in [6, 6.07) is 16.1. The summed E-state index contributed by atoms with van der Waals surface area (Å²) >= 11 is 1.51. The summed E-state index contributed by atoms with van der Waals surface area (Å²) in [5.74, 6) is 0.701. The fourth-order valence-corrected chi connectivity index (χ4v) is 3.70. The van der Waals surface area contributed by atoms with Gasteiger partial charge in [-0.2, -0.15) is 9.61 Å². The maximum Gasteiger partial charge on any atom is 0.235 e. The summed E-state index contributed by atoms with van der Waals surface area (Å²) in [5, 5.41) is 14.2. The number of aryl methyl sites for hydroxylation is 1. The first-order valence-corrected chi connectivity index (χ1v) is 9.01. The first-order valence-electron chi connectivity index (χ1n) is 8.19. The van der Waals surface area contributed by atoms with E-state index in [1.165, 1.54) is 11.3 Å². The van der Waals surface area contributed by atoms with Gasteiger partial charge in [0.2, 0.25) is 10.8 Å². The predicted molar refractivity (Wildman–Crippen MR) is 103 cm³/mol. The number of aromatic nitrogens is 6. The number of fused-ring (bicyclic) bond motifs is 2. The molecule has 6 nitrogen and oxygen atoms in total. The molecule has 0 aliphatic heterocycles. The zero-order valence-corrected chi connectivity index (χ0v) is 14.8. The average molecular weight is 358 g/mol. The van der Waals surface area contributed by atoms with E-state index in [4.69, 9.17) is 0 Å². The maximum absolute atomic E-state index is 4.67. The number of rotatable bonds is 3. The van der Waals surface area contributed by atoms with E-state index in [0.717, 1.165) is 32.6 Å². The van der Waals surface area contributed by atoms with E-state index in [1.807, 2.05) is 66.1 Å². The first-order chi connectivity index (χ1) is 12.8. The van der Waals surface area contributed by atoms with E-state index in [-0.39, 0.29) is 0 Å². The Morgan fingerprint density at radius 2 is 1.81 bits per heavy atom. The topological polar surface area (TPSA) is 60.4 Å². The number of imidazole rings is 1. The van der Waals surface area contributed by atoms with Crippen molar-refractivity contribution >= 4 is 34.1 Å². The molecule has 0 radical (unpaired) electrons. The number of hydrogen-bond acceptors (Lipinski definition) is 5. The molecule has 0 atom stereocenters. The van der Waals surface area contributed by atoms with Gasteiger partial charge in [-0.25, -0.2) is 4.98 Å². The van der Waals surface area contributed by atoms with Crippen LogP contribution in [-0.4, -0.2) is 29.2 Å². The van der Waals surface area contributed by atoms with Gasteiger partial charge in [0, 0.05) is 6.20 Å². The van der Waals surface area contributed by atoms with Crippen LogP contribution in [0.5, 0.6) is 0 Å². The highest BCUT2D eigenvalue weighted by Crippen LogP contribution is 2.26. The summed E-state index contributed by atoms with van der Waals surface area (Å²) in [5.41, 5.74) is 3.84. The molecule has 0 aliphatic carbocycles. The Hall–Kier alpha value is -3.32. The van der Waals surface area contributed by atoms with Crippen LogP contribution in [0.4, 0.5) is 0 Å². The van der Waals surface area contributed by atoms with Gasteiger partial charge in [-0.15, -0.1) is 10.2 Å². The van der Waals surface area contributed by atoms with Crippen molar-refractivity contribution in [1.29, 1.82) is 0 Å².